The highest BCUT2D eigenvalue weighted by Crippen LogP contribution is 2.44. The molecule has 3 amide bonds. The lowest BCUT2D eigenvalue weighted by atomic mass is 9.68. The highest BCUT2D eigenvalue weighted by molar-refractivity contribution is 5.95. The molecule has 5 heterocycles. The van der Waals surface area contributed by atoms with Crippen molar-refractivity contribution in [3.8, 4) is 34.5 Å². The van der Waals surface area contributed by atoms with Crippen LogP contribution in [-0.2, 0) is 20.9 Å². The van der Waals surface area contributed by atoms with Crippen LogP contribution in [0.25, 0.3) is 0 Å². The summed E-state index contributed by atoms with van der Waals surface area (Å²) in [6, 6.07) is 17.4. The third-order valence-electron chi connectivity index (χ3n) is 9.58. The number of hydrogen-bond acceptors (Lipinski definition) is 9. The van der Waals surface area contributed by atoms with E-state index in [4.69, 9.17) is 28.4 Å². The van der Waals surface area contributed by atoms with Gasteiger partial charge in [0.1, 0.15) is 18.1 Å². The summed E-state index contributed by atoms with van der Waals surface area (Å²) in [4.78, 5) is 42.4. The summed E-state index contributed by atoms with van der Waals surface area (Å²) in [6.45, 7) is 1.88. The number of fused-ring (bicyclic) bond motifs is 3. The smallest absolute Gasteiger partial charge is 0.264 e. The zero-order valence-electron chi connectivity index (χ0n) is 28.2. The molecule has 6 aliphatic rings. The largest absolute Gasteiger partial charge is 0.493 e. The van der Waals surface area contributed by atoms with Crippen LogP contribution in [-0.4, -0.2) is 82.4 Å². The molecule has 0 atom stereocenters. The minimum Gasteiger partial charge on any atom is -0.493 e. The van der Waals surface area contributed by atoms with E-state index >= 15 is 0 Å². The van der Waals surface area contributed by atoms with E-state index in [-0.39, 0.29) is 37.4 Å². The highest BCUT2D eigenvalue weighted by atomic mass is 16.5. The van der Waals surface area contributed by atoms with Gasteiger partial charge in [-0.25, -0.2) is 0 Å². The van der Waals surface area contributed by atoms with Crippen LogP contribution in [0, 0.1) is 5.41 Å². The van der Waals surface area contributed by atoms with Gasteiger partial charge in [0.15, 0.2) is 28.6 Å². The quantitative estimate of drug-likeness (QED) is 0.402. The van der Waals surface area contributed by atoms with E-state index in [2.05, 4.69) is 10.6 Å². The minimum absolute atomic E-state index is 0.0885. The molecule has 260 valence electrons. The van der Waals surface area contributed by atoms with Crippen LogP contribution in [0.2, 0.25) is 0 Å². The predicted octanol–water partition coefficient (Wildman–Crippen LogP) is 4.49. The Bertz CT molecular complexity index is 1660. The van der Waals surface area contributed by atoms with Crippen LogP contribution >= 0.6 is 0 Å². The van der Waals surface area contributed by atoms with E-state index < -0.39 is 11.0 Å². The van der Waals surface area contributed by atoms with Gasteiger partial charge >= 0.3 is 0 Å². The lowest BCUT2D eigenvalue weighted by Gasteiger charge is -2.46. The molecule has 0 unspecified atom stereocenters. The number of likely N-dealkylation sites (tertiary alicyclic amines) is 1. The highest BCUT2D eigenvalue weighted by Gasteiger charge is 2.50. The predicted molar refractivity (Wildman–Crippen MR) is 180 cm³/mol. The second-order valence-corrected chi connectivity index (χ2v) is 12.7. The first-order valence-corrected chi connectivity index (χ1v) is 16.6. The van der Waals surface area contributed by atoms with Crippen molar-refractivity contribution in [1.82, 2.24) is 15.5 Å². The van der Waals surface area contributed by atoms with Crippen molar-refractivity contribution in [2.75, 3.05) is 54.2 Å². The van der Waals surface area contributed by atoms with Crippen molar-refractivity contribution in [3.63, 3.8) is 0 Å². The van der Waals surface area contributed by atoms with E-state index in [0.29, 0.717) is 72.6 Å². The Labute approximate surface area is 285 Å². The molecule has 1 saturated heterocycles. The maximum absolute atomic E-state index is 14.1. The van der Waals surface area contributed by atoms with E-state index in [9.17, 15) is 14.4 Å². The number of hydrogen-bond donors (Lipinski definition) is 2. The zero-order chi connectivity index (χ0) is 34.4. The Morgan fingerprint density at radius 3 is 2.16 bits per heavy atom. The van der Waals surface area contributed by atoms with Gasteiger partial charge in [-0.15, -0.1) is 0 Å². The van der Waals surface area contributed by atoms with E-state index in [0.717, 1.165) is 24.8 Å². The molecule has 1 saturated carbocycles. The third kappa shape index (κ3) is 7.24. The molecule has 0 radical (unpaired) electrons. The average molecular weight is 674 g/mol. The first-order valence-electron chi connectivity index (χ1n) is 16.6. The number of ether oxygens (including phenoxy) is 6. The Hall–Kier alpha value is -4.97. The fourth-order valence-corrected chi connectivity index (χ4v) is 6.61. The first kappa shape index (κ1) is 33.9. The van der Waals surface area contributed by atoms with Gasteiger partial charge < -0.3 is 44.0 Å². The average Bonchev–Trinajstić information content (AvgIpc) is 3.11. The van der Waals surface area contributed by atoms with Gasteiger partial charge in [-0.1, -0.05) is 12.5 Å². The monoisotopic (exact) mass is 673 g/mol. The number of rotatable bonds is 5. The molecule has 6 bridgehead atoms. The van der Waals surface area contributed by atoms with Crippen molar-refractivity contribution >= 4 is 17.7 Å². The molecule has 3 aromatic rings. The number of methoxy groups -OCH3 is 3. The molecule has 12 heteroatoms. The second-order valence-electron chi connectivity index (χ2n) is 12.7. The molecule has 12 nitrogen and oxygen atoms in total. The fraction of sp³-hybridized carbons (Fsp3) is 0.432. The number of nitrogens with zero attached hydrogens (tertiary/aromatic N) is 1. The molecule has 2 N–H and O–H groups in total. The Balaban J connectivity index is 1.26. The van der Waals surface area contributed by atoms with Gasteiger partial charge in [0.25, 0.3) is 11.8 Å². The van der Waals surface area contributed by atoms with Crippen molar-refractivity contribution in [1.29, 1.82) is 0 Å². The Kier molecular flexibility index (Phi) is 10.1. The van der Waals surface area contributed by atoms with Gasteiger partial charge in [-0.2, -0.15) is 0 Å². The van der Waals surface area contributed by atoms with Crippen LogP contribution < -0.4 is 34.3 Å². The summed E-state index contributed by atoms with van der Waals surface area (Å²) in [6.07, 6.45) is 3.27. The lowest BCUT2D eigenvalue weighted by molar-refractivity contribution is -0.159. The Morgan fingerprint density at radius 1 is 0.837 bits per heavy atom. The standard InChI is InChI=1S/C37H43N3O9/c1-44-24-36(13-4-14-36)35(43)40-18-15-37(16-19-40)34(42)39-23-25-5-11-29(31(21-25)45-2)48-30-12-6-26(22-32(30)46-3)33(41)38-17-20-47-27-7-9-28(49-37)10-8-27/h5-12,21-22H,4,13-20,23-24H2,1-3H3,(H,38,41)(H,39,42). The molecule has 1 spiro atoms. The number of nitrogens with one attached hydrogen (secondary N) is 2. The lowest BCUT2D eigenvalue weighted by Crippen LogP contribution is -2.60. The van der Waals surface area contributed by atoms with Crippen LogP contribution in [0.5, 0.6) is 34.5 Å². The summed E-state index contributed by atoms with van der Waals surface area (Å²) < 4.78 is 35.1. The van der Waals surface area contributed by atoms with Crippen molar-refractivity contribution in [2.45, 2.75) is 44.2 Å². The van der Waals surface area contributed by atoms with E-state index in [1.54, 1.807) is 61.7 Å². The van der Waals surface area contributed by atoms with Crippen molar-refractivity contribution < 1.29 is 42.8 Å². The topological polar surface area (TPSA) is 134 Å². The maximum Gasteiger partial charge on any atom is 0.264 e. The molecule has 1 aliphatic carbocycles. The zero-order valence-corrected chi connectivity index (χ0v) is 28.2. The van der Waals surface area contributed by atoms with Gasteiger partial charge in [0, 0.05) is 45.1 Å². The molecular weight excluding hydrogens is 630 g/mol. The summed E-state index contributed by atoms with van der Waals surface area (Å²) in [5, 5.41) is 5.93. The molecule has 0 aromatic heterocycles. The van der Waals surface area contributed by atoms with Crippen molar-refractivity contribution in [3.05, 3.63) is 71.8 Å². The molecule has 2 fully saturated rings. The number of carbonyl (C=O) groups excluding carboxylic acids is 3. The van der Waals surface area contributed by atoms with Crippen LogP contribution in [0.15, 0.2) is 60.7 Å². The SMILES string of the molecule is COCC1(C(=O)N2CCC3(CC2)Oc2ccc(cc2)OCCNC(=O)c2ccc(c(OC)c2)Oc2ccc(cc2OC)CNC3=O)CCC1. The molecule has 9 rings (SSSR count). The van der Waals surface area contributed by atoms with E-state index in [1.807, 2.05) is 11.0 Å². The number of piperidine rings is 1. The summed E-state index contributed by atoms with van der Waals surface area (Å²) in [5.74, 6) is 2.29. The summed E-state index contributed by atoms with van der Waals surface area (Å²) >= 11 is 0. The molecule has 49 heavy (non-hydrogen) atoms. The van der Waals surface area contributed by atoms with Crippen LogP contribution in [0.4, 0.5) is 0 Å². The van der Waals surface area contributed by atoms with Gasteiger partial charge in [0.05, 0.1) is 32.8 Å². The number of amides is 3. The van der Waals surface area contributed by atoms with Crippen molar-refractivity contribution in [2.24, 2.45) is 5.41 Å². The molecule has 3 aromatic carbocycles. The first-order chi connectivity index (χ1) is 23.8. The Morgan fingerprint density at radius 2 is 1.51 bits per heavy atom. The van der Waals surface area contributed by atoms with Gasteiger partial charge in [0.2, 0.25) is 5.91 Å². The number of benzene rings is 3. The molecule has 5 aliphatic heterocycles. The maximum atomic E-state index is 14.1. The van der Waals surface area contributed by atoms with E-state index in [1.165, 1.54) is 14.2 Å². The van der Waals surface area contributed by atoms with Crippen LogP contribution in [0.1, 0.15) is 48.0 Å². The minimum atomic E-state index is -1.21. The van der Waals surface area contributed by atoms with Gasteiger partial charge in [-0.3, -0.25) is 14.4 Å². The summed E-state index contributed by atoms with van der Waals surface area (Å²) in [7, 11) is 4.67. The number of carbonyl (C=O) groups is 3. The fourth-order valence-electron chi connectivity index (χ4n) is 6.61. The van der Waals surface area contributed by atoms with Crippen LogP contribution in [0.3, 0.4) is 0 Å². The third-order valence-corrected chi connectivity index (χ3v) is 9.58. The molecular formula is C37H43N3O9. The normalized spacial score (nSPS) is 18.7. The second kappa shape index (κ2) is 14.7. The summed E-state index contributed by atoms with van der Waals surface area (Å²) in [5.41, 5.74) is -0.491. The van der Waals surface area contributed by atoms with Gasteiger partial charge in [-0.05, 0) is 73.0 Å².